The van der Waals surface area contributed by atoms with E-state index in [0.29, 0.717) is 57.6 Å². The average Bonchev–Trinajstić information content (AvgIpc) is 3.60. The second-order valence-corrected chi connectivity index (χ2v) is 15.0. The molecule has 2 saturated heterocycles. The Kier molecular flexibility index (Phi) is 9.96. The van der Waals surface area contributed by atoms with Gasteiger partial charge in [0.1, 0.15) is 12.3 Å². The summed E-state index contributed by atoms with van der Waals surface area (Å²) in [6.45, 7) is 7.81. The lowest BCUT2D eigenvalue weighted by atomic mass is 9.69. The molecule has 0 aliphatic carbocycles. The van der Waals surface area contributed by atoms with E-state index in [0.717, 1.165) is 22.9 Å². The number of ether oxygens (including phenoxy) is 1. The number of carbonyl (C=O) groups is 4. The highest BCUT2D eigenvalue weighted by molar-refractivity contribution is 6.33. The lowest BCUT2D eigenvalue weighted by molar-refractivity contribution is -0.168. The molecule has 1 spiro atoms. The third-order valence-electron chi connectivity index (χ3n) is 10.9. The Morgan fingerprint density at radius 2 is 1.80 bits per heavy atom. The summed E-state index contributed by atoms with van der Waals surface area (Å²) in [5.74, 6) is -1.56. The van der Waals surface area contributed by atoms with Crippen LogP contribution >= 0.6 is 11.6 Å². The van der Waals surface area contributed by atoms with Crippen molar-refractivity contribution in [2.75, 3.05) is 62.7 Å². The minimum Gasteiger partial charge on any atom is -0.505 e. The quantitative estimate of drug-likeness (QED) is 0.336. The van der Waals surface area contributed by atoms with Gasteiger partial charge >= 0.3 is 6.18 Å². The summed E-state index contributed by atoms with van der Waals surface area (Å²) in [6.07, 6.45) is 0.0602. The number of fused-ring (bicyclic) bond motifs is 1. The molecular formula is C37H38ClF3N8O6. The van der Waals surface area contributed by atoms with Crippen molar-refractivity contribution in [2.24, 2.45) is 10.8 Å². The zero-order valence-corrected chi connectivity index (χ0v) is 30.6. The highest BCUT2D eigenvalue weighted by Gasteiger charge is 2.46. The molecular weight excluding hydrogens is 745 g/mol. The van der Waals surface area contributed by atoms with Crippen LogP contribution in [0, 0.1) is 10.8 Å². The summed E-state index contributed by atoms with van der Waals surface area (Å²) in [5.41, 5.74) is -1.47. The number of benzene rings is 1. The number of nitrogens with zero attached hydrogens (tertiary/aromatic N) is 7. The third-order valence-corrected chi connectivity index (χ3v) is 11.2. The Labute approximate surface area is 318 Å². The number of likely N-dealkylation sites (tertiary alicyclic amines) is 1. The molecule has 18 heteroatoms. The number of rotatable bonds is 6. The number of halogens is 4. The first kappa shape index (κ1) is 38.0. The maximum atomic E-state index is 14.3. The predicted octanol–water partition coefficient (Wildman–Crippen LogP) is 4.67. The molecule has 6 heterocycles. The monoisotopic (exact) mass is 782 g/mol. The van der Waals surface area contributed by atoms with Crippen LogP contribution in [0.4, 0.5) is 24.8 Å². The zero-order chi connectivity index (χ0) is 39.3. The summed E-state index contributed by atoms with van der Waals surface area (Å²) in [7, 11) is 0. The molecule has 0 atom stereocenters. The SMILES string of the molecule is C=C1C(=O)n2nc(C3=CCN(C(=O)C4(C)COC4)CC3)nc2N(CC(=O)Nc2ccc(C(F)(F)F)cc2Cl)CCC12CCN(C(=O)c1ncccc1O)CC2. The Balaban J connectivity index is 1.15. The molecule has 1 aromatic carbocycles. The Morgan fingerprint density at radius 3 is 2.42 bits per heavy atom. The van der Waals surface area contributed by atoms with Gasteiger partial charge in [-0.1, -0.05) is 24.3 Å². The van der Waals surface area contributed by atoms with Crippen molar-refractivity contribution < 1.29 is 42.2 Å². The van der Waals surface area contributed by atoms with Crippen LogP contribution in [-0.4, -0.2) is 111 Å². The Morgan fingerprint density at radius 1 is 1.07 bits per heavy atom. The fourth-order valence-corrected chi connectivity index (χ4v) is 7.64. The van der Waals surface area contributed by atoms with Gasteiger partial charge in [-0.2, -0.15) is 22.8 Å². The fraction of sp³-hybridized carbons (Fsp3) is 0.432. The highest BCUT2D eigenvalue weighted by Crippen LogP contribution is 2.44. The largest absolute Gasteiger partial charge is 0.505 e. The van der Waals surface area contributed by atoms with Crippen molar-refractivity contribution in [3.8, 4) is 5.75 Å². The normalized spacial score (nSPS) is 19.6. The summed E-state index contributed by atoms with van der Waals surface area (Å²) >= 11 is 6.13. The number of piperidine rings is 1. The van der Waals surface area contributed by atoms with Crippen LogP contribution < -0.4 is 10.2 Å². The van der Waals surface area contributed by atoms with Crippen LogP contribution in [0.15, 0.2) is 54.8 Å². The van der Waals surface area contributed by atoms with E-state index in [1.54, 1.807) is 14.7 Å². The molecule has 0 saturated carbocycles. The zero-order valence-electron chi connectivity index (χ0n) is 29.9. The van der Waals surface area contributed by atoms with Gasteiger partial charge in [-0.25, -0.2) is 4.98 Å². The van der Waals surface area contributed by atoms with Crippen LogP contribution in [0.1, 0.15) is 59.3 Å². The lowest BCUT2D eigenvalue weighted by Crippen LogP contribution is -2.54. The van der Waals surface area contributed by atoms with Crippen molar-refractivity contribution >= 4 is 52.4 Å². The summed E-state index contributed by atoms with van der Waals surface area (Å²) in [6, 6.07) is 5.51. The van der Waals surface area contributed by atoms with Crippen molar-refractivity contribution in [1.29, 1.82) is 0 Å². The number of amides is 3. The summed E-state index contributed by atoms with van der Waals surface area (Å²) in [5, 5.41) is 17.1. The lowest BCUT2D eigenvalue weighted by Gasteiger charge is -2.44. The second kappa shape index (κ2) is 14.4. The van der Waals surface area contributed by atoms with E-state index in [1.807, 2.05) is 13.0 Å². The summed E-state index contributed by atoms with van der Waals surface area (Å²) < 4.78 is 46.1. The third kappa shape index (κ3) is 7.29. The minimum atomic E-state index is -4.63. The van der Waals surface area contributed by atoms with Crippen molar-refractivity contribution in [3.63, 3.8) is 0 Å². The number of aromatic hydroxyl groups is 1. The van der Waals surface area contributed by atoms with Crippen LogP contribution in [-0.2, 0) is 20.5 Å². The van der Waals surface area contributed by atoms with E-state index in [9.17, 15) is 37.5 Å². The maximum absolute atomic E-state index is 14.3. The molecule has 0 radical (unpaired) electrons. The smallest absolute Gasteiger partial charge is 0.416 e. The van der Waals surface area contributed by atoms with Crippen LogP contribution in [0.3, 0.4) is 0 Å². The van der Waals surface area contributed by atoms with Gasteiger partial charge in [0.25, 0.3) is 11.8 Å². The summed E-state index contributed by atoms with van der Waals surface area (Å²) in [4.78, 5) is 67.8. The van der Waals surface area contributed by atoms with Gasteiger partial charge in [0.15, 0.2) is 11.5 Å². The van der Waals surface area contributed by atoms with E-state index in [-0.39, 0.29) is 71.6 Å². The number of hydrogen-bond acceptors (Lipinski definition) is 10. The topological polar surface area (TPSA) is 163 Å². The molecule has 3 aromatic rings. The van der Waals surface area contributed by atoms with Gasteiger partial charge in [0, 0.05) is 49.9 Å². The molecule has 0 unspecified atom stereocenters. The van der Waals surface area contributed by atoms with Gasteiger partial charge in [-0.05, 0) is 68.5 Å². The number of aromatic nitrogens is 4. The molecule has 3 amide bonds. The Bertz CT molecular complexity index is 2110. The average molecular weight is 783 g/mol. The first-order chi connectivity index (χ1) is 26.1. The number of anilines is 2. The highest BCUT2D eigenvalue weighted by atomic mass is 35.5. The van der Waals surface area contributed by atoms with Gasteiger partial charge in [0.2, 0.25) is 17.8 Å². The first-order valence-corrected chi connectivity index (χ1v) is 18.1. The molecule has 14 nitrogen and oxygen atoms in total. The molecule has 2 N–H and O–H groups in total. The van der Waals surface area contributed by atoms with Crippen molar-refractivity contribution in [2.45, 2.75) is 38.8 Å². The number of hydrogen-bond donors (Lipinski definition) is 2. The molecule has 7 rings (SSSR count). The maximum Gasteiger partial charge on any atom is 0.416 e. The fourth-order valence-electron chi connectivity index (χ4n) is 7.41. The van der Waals surface area contributed by atoms with Gasteiger partial charge in [-0.3, -0.25) is 19.2 Å². The van der Waals surface area contributed by atoms with Crippen molar-refractivity contribution in [1.82, 2.24) is 29.5 Å². The minimum absolute atomic E-state index is 0.00851. The van der Waals surface area contributed by atoms with E-state index >= 15 is 0 Å². The van der Waals surface area contributed by atoms with Gasteiger partial charge in [-0.15, -0.1) is 5.10 Å². The Hall–Kier alpha value is -5.29. The van der Waals surface area contributed by atoms with Crippen LogP contribution in [0.5, 0.6) is 5.75 Å². The number of carbonyl (C=O) groups excluding carboxylic acids is 4. The number of allylic oxidation sites excluding steroid dienone is 1. The molecule has 4 aliphatic heterocycles. The molecule has 2 aromatic heterocycles. The van der Waals surface area contributed by atoms with Crippen molar-refractivity contribution in [3.05, 3.63) is 76.9 Å². The van der Waals surface area contributed by atoms with Gasteiger partial charge < -0.3 is 29.9 Å². The second-order valence-electron chi connectivity index (χ2n) is 14.6. The van der Waals surface area contributed by atoms with Crippen LogP contribution in [0.25, 0.3) is 5.57 Å². The van der Waals surface area contributed by atoms with E-state index in [4.69, 9.17) is 21.3 Å². The van der Waals surface area contributed by atoms with E-state index in [1.165, 1.54) is 18.3 Å². The molecule has 0 bridgehead atoms. The van der Waals surface area contributed by atoms with Gasteiger partial charge in [0.05, 0.1) is 34.9 Å². The number of nitrogens with one attached hydrogen (secondary N) is 1. The van der Waals surface area contributed by atoms with E-state index < -0.39 is 40.3 Å². The standard InChI is InChI=1S/C37H38ClF3N8O6/c1-22-31(52)49-34(44-30(45-49)23-7-13-47(14-8-23)33(54)35(2)20-55-21-35)48(19-28(51)43-26-6-5-24(18-25(26)38)37(39,40)41)17-11-36(22)9-15-46(16-10-36)32(53)29-27(50)4-3-12-42-29/h3-7,12,18,50H,1,8-11,13-17,19-21H2,2H3,(H,43,51). The van der Waals surface area contributed by atoms with E-state index in [2.05, 4.69) is 22.0 Å². The molecule has 55 heavy (non-hydrogen) atoms. The first-order valence-electron chi connectivity index (χ1n) is 17.7. The number of pyridine rings is 1. The molecule has 2 fully saturated rings. The molecule has 290 valence electrons. The number of alkyl halides is 3. The molecule has 4 aliphatic rings. The van der Waals surface area contributed by atoms with Crippen LogP contribution in [0.2, 0.25) is 5.02 Å². The predicted molar refractivity (Wildman–Crippen MR) is 193 cm³/mol.